The van der Waals surface area contributed by atoms with E-state index in [1.807, 2.05) is 0 Å². The topological polar surface area (TPSA) is 75.6 Å². The van der Waals surface area contributed by atoms with Crippen molar-refractivity contribution >= 4 is 23.7 Å². The second kappa shape index (κ2) is 7.31. The van der Waals surface area contributed by atoms with E-state index in [-0.39, 0.29) is 18.9 Å². The van der Waals surface area contributed by atoms with Gasteiger partial charge in [0.1, 0.15) is 5.60 Å². The van der Waals surface area contributed by atoms with Crippen LogP contribution in [0.15, 0.2) is 24.3 Å². The molecular weight excluding hydrogens is 294 g/mol. The van der Waals surface area contributed by atoms with Crippen molar-refractivity contribution in [2.45, 2.75) is 38.7 Å². The van der Waals surface area contributed by atoms with Gasteiger partial charge in [-0.15, -0.1) is 0 Å². The maximum Gasteiger partial charge on any atom is 0.407 e. The summed E-state index contributed by atoms with van der Waals surface area (Å²) >= 11 is 5.82. The van der Waals surface area contributed by atoms with Crippen molar-refractivity contribution in [3.8, 4) is 0 Å². The number of carbonyl (C=O) groups excluding carboxylic acids is 1. The van der Waals surface area contributed by atoms with Crippen molar-refractivity contribution in [1.82, 2.24) is 5.32 Å². The molecule has 1 amide bonds. The van der Waals surface area contributed by atoms with E-state index in [4.69, 9.17) is 21.4 Å². The van der Waals surface area contributed by atoms with Gasteiger partial charge in [-0.3, -0.25) is 4.79 Å². The van der Waals surface area contributed by atoms with Crippen LogP contribution in [0.2, 0.25) is 5.02 Å². The molecule has 21 heavy (non-hydrogen) atoms. The third-order valence-electron chi connectivity index (χ3n) is 2.65. The largest absolute Gasteiger partial charge is 0.481 e. The second-order valence-electron chi connectivity index (χ2n) is 5.73. The minimum Gasteiger partial charge on any atom is -0.481 e. The second-order valence-corrected chi connectivity index (χ2v) is 6.17. The number of carboxylic acid groups (broad SMARTS) is 1. The predicted octanol–water partition coefficient (Wildman–Crippen LogP) is 3.42. The highest BCUT2D eigenvalue weighted by atomic mass is 35.5. The van der Waals surface area contributed by atoms with Gasteiger partial charge in [0.15, 0.2) is 0 Å². The van der Waals surface area contributed by atoms with E-state index in [2.05, 4.69) is 5.32 Å². The molecule has 0 spiro atoms. The molecule has 0 radical (unpaired) electrons. The van der Waals surface area contributed by atoms with E-state index in [0.29, 0.717) is 5.02 Å². The molecule has 1 unspecified atom stereocenters. The molecule has 2 N–H and O–H groups in total. The highest BCUT2D eigenvalue weighted by molar-refractivity contribution is 6.30. The normalized spacial score (nSPS) is 12.6. The van der Waals surface area contributed by atoms with Gasteiger partial charge in [-0.1, -0.05) is 23.7 Å². The quantitative estimate of drug-likeness (QED) is 0.873. The van der Waals surface area contributed by atoms with Gasteiger partial charge in [-0.2, -0.15) is 0 Å². The summed E-state index contributed by atoms with van der Waals surface area (Å²) in [5.41, 5.74) is 0.213. The zero-order valence-electron chi connectivity index (χ0n) is 12.4. The Kier molecular flexibility index (Phi) is 6.03. The van der Waals surface area contributed by atoms with Gasteiger partial charge in [0.25, 0.3) is 0 Å². The van der Waals surface area contributed by atoms with Crippen LogP contribution in [-0.4, -0.2) is 29.3 Å². The molecule has 0 aliphatic heterocycles. The number of carbonyl (C=O) groups is 2. The van der Waals surface area contributed by atoms with Crippen molar-refractivity contribution < 1.29 is 19.4 Å². The van der Waals surface area contributed by atoms with E-state index in [9.17, 15) is 9.59 Å². The molecule has 6 heteroatoms. The van der Waals surface area contributed by atoms with Crippen LogP contribution < -0.4 is 5.32 Å². The van der Waals surface area contributed by atoms with Crippen LogP contribution in [-0.2, 0) is 9.53 Å². The number of rotatable bonds is 5. The summed E-state index contributed by atoms with van der Waals surface area (Å²) in [4.78, 5) is 22.6. The number of ether oxygens (including phenoxy) is 1. The summed E-state index contributed by atoms with van der Waals surface area (Å²) in [6, 6.07) is 6.90. The first-order valence-electron chi connectivity index (χ1n) is 6.61. The molecule has 0 aromatic heterocycles. The van der Waals surface area contributed by atoms with Gasteiger partial charge in [-0.05, 0) is 38.5 Å². The zero-order chi connectivity index (χ0) is 16.0. The number of hydrogen-bond acceptors (Lipinski definition) is 3. The molecule has 1 aromatic rings. The van der Waals surface area contributed by atoms with Crippen LogP contribution in [0, 0.1) is 0 Å². The summed E-state index contributed by atoms with van der Waals surface area (Å²) in [6.07, 6.45) is -0.649. The fraction of sp³-hybridized carbons (Fsp3) is 0.467. The lowest BCUT2D eigenvalue weighted by Crippen LogP contribution is -2.35. The molecule has 1 atom stereocenters. The molecule has 0 saturated heterocycles. The van der Waals surface area contributed by atoms with E-state index in [1.165, 1.54) is 0 Å². The Hall–Kier alpha value is -1.75. The van der Waals surface area contributed by atoms with Gasteiger partial charge in [0, 0.05) is 17.5 Å². The average molecular weight is 314 g/mol. The maximum absolute atomic E-state index is 11.6. The lowest BCUT2D eigenvalue weighted by atomic mass is 9.96. The SMILES string of the molecule is CC(C)(C)OC(=O)NCC(CC(=O)O)c1ccc(Cl)cc1. The van der Waals surface area contributed by atoms with Gasteiger partial charge in [0.2, 0.25) is 0 Å². The van der Waals surface area contributed by atoms with Crippen molar-refractivity contribution in [1.29, 1.82) is 0 Å². The highest BCUT2D eigenvalue weighted by Gasteiger charge is 2.20. The van der Waals surface area contributed by atoms with Gasteiger partial charge in [0.05, 0.1) is 6.42 Å². The molecule has 0 aliphatic carbocycles. The van der Waals surface area contributed by atoms with Crippen LogP contribution in [0.25, 0.3) is 0 Å². The fourth-order valence-corrected chi connectivity index (χ4v) is 1.90. The van der Waals surface area contributed by atoms with E-state index >= 15 is 0 Å². The number of alkyl carbamates (subject to hydrolysis) is 1. The van der Waals surface area contributed by atoms with Crippen molar-refractivity contribution in [2.24, 2.45) is 0 Å². The minimum atomic E-state index is -0.930. The molecule has 116 valence electrons. The lowest BCUT2D eigenvalue weighted by Gasteiger charge is -2.21. The number of hydrogen-bond donors (Lipinski definition) is 2. The Labute approximate surface area is 129 Å². The third-order valence-corrected chi connectivity index (χ3v) is 2.91. The first-order chi connectivity index (χ1) is 9.67. The Balaban J connectivity index is 2.69. The number of benzene rings is 1. The number of amides is 1. The van der Waals surface area contributed by atoms with E-state index < -0.39 is 17.7 Å². The molecule has 0 saturated carbocycles. The van der Waals surface area contributed by atoms with Crippen molar-refractivity contribution in [3.05, 3.63) is 34.9 Å². The molecule has 0 bridgehead atoms. The molecule has 0 heterocycles. The lowest BCUT2D eigenvalue weighted by molar-refractivity contribution is -0.137. The highest BCUT2D eigenvalue weighted by Crippen LogP contribution is 2.21. The Morgan fingerprint density at radius 3 is 2.33 bits per heavy atom. The third kappa shape index (κ3) is 6.99. The summed E-state index contributed by atoms with van der Waals surface area (Å²) in [5, 5.41) is 12.2. The van der Waals surface area contributed by atoms with Crippen molar-refractivity contribution in [2.75, 3.05) is 6.54 Å². The molecule has 1 rings (SSSR count). The monoisotopic (exact) mass is 313 g/mol. The average Bonchev–Trinajstić information content (AvgIpc) is 2.33. The Bertz CT molecular complexity index is 493. The molecule has 0 aliphatic rings. The minimum absolute atomic E-state index is 0.0859. The smallest absolute Gasteiger partial charge is 0.407 e. The standard InChI is InChI=1S/C15H20ClNO4/c1-15(2,3)21-14(20)17-9-11(8-13(18)19)10-4-6-12(16)7-5-10/h4-7,11H,8-9H2,1-3H3,(H,17,20)(H,18,19). The molecule has 0 fully saturated rings. The van der Waals surface area contributed by atoms with Gasteiger partial charge < -0.3 is 15.2 Å². The first kappa shape index (κ1) is 17.3. The number of aliphatic carboxylic acids is 1. The predicted molar refractivity (Wildman–Crippen MR) is 80.7 cm³/mol. The molecule has 5 nitrogen and oxygen atoms in total. The maximum atomic E-state index is 11.6. The van der Waals surface area contributed by atoms with E-state index in [0.717, 1.165) is 5.56 Å². The Morgan fingerprint density at radius 2 is 1.86 bits per heavy atom. The summed E-state index contributed by atoms with van der Waals surface area (Å²) in [7, 11) is 0. The summed E-state index contributed by atoms with van der Waals surface area (Å²) in [6.45, 7) is 5.48. The van der Waals surface area contributed by atoms with Gasteiger partial charge in [-0.25, -0.2) is 4.79 Å². The van der Waals surface area contributed by atoms with E-state index in [1.54, 1.807) is 45.0 Å². The van der Waals surface area contributed by atoms with Crippen LogP contribution in [0.4, 0.5) is 4.79 Å². The molecular formula is C15H20ClNO4. The van der Waals surface area contributed by atoms with Crippen molar-refractivity contribution in [3.63, 3.8) is 0 Å². The number of halogens is 1. The van der Waals surface area contributed by atoms with Crippen LogP contribution in [0.5, 0.6) is 0 Å². The van der Waals surface area contributed by atoms with Crippen LogP contribution in [0.1, 0.15) is 38.7 Å². The van der Waals surface area contributed by atoms with Gasteiger partial charge >= 0.3 is 12.1 Å². The van der Waals surface area contributed by atoms with Crippen LogP contribution in [0.3, 0.4) is 0 Å². The summed E-state index contributed by atoms with van der Waals surface area (Å²) < 4.78 is 5.13. The first-order valence-corrected chi connectivity index (χ1v) is 6.99. The van der Waals surface area contributed by atoms with Crippen LogP contribution >= 0.6 is 11.6 Å². The number of carboxylic acids is 1. The fourth-order valence-electron chi connectivity index (χ4n) is 1.77. The molecule has 1 aromatic carbocycles. The Morgan fingerprint density at radius 1 is 1.29 bits per heavy atom. The number of nitrogens with one attached hydrogen (secondary N) is 1. The summed E-state index contributed by atoms with van der Waals surface area (Å²) in [5.74, 6) is -1.27. The zero-order valence-corrected chi connectivity index (χ0v) is 13.1.